The van der Waals surface area contributed by atoms with E-state index in [4.69, 9.17) is 11.5 Å². The molecule has 0 bridgehead atoms. The number of nitrogens with one attached hydrogen (secondary N) is 3. The molecule has 0 spiro atoms. The summed E-state index contributed by atoms with van der Waals surface area (Å²) in [6, 6.07) is 8.60. The first kappa shape index (κ1) is 24.4. The van der Waals surface area contributed by atoms with Gasteiger partial charge in [-0.3, -0.25) is 9.59 Å². The molecule has 8 nitrogen and oxygen atoms in total. The Hall–Kier alpha value is -2.61. The van der Waals surface area contributed by atoms with Crippen LogP contribution in [0.3, 0.4) is 0 Å². The topological polar surface area (TPSA) is 139 Å². The van der Waals surface area contributed by atoms with Crippen molar-refractivity contribution in [1.29, 1.82) is 0 Å². The predicted octanol–water partition coefficient (Wildman–Crippen LogP) is 1.19. The Morgan fingerprint density at radius 2 is 1.62 bits per heavy atom. The molecule has 1 aromatic carbocycles. The van der Waals surface area contributed by atoms with E-state index in [1.165, 1.54) is 0 Å². The third-order valence-corrected chi connectivity index (χ3v) is 4.56. The Morgan fingerprint density at radius 3 is 2.31 bits per heavy atom. The average molecular weight is 406 g/mol. The van der Waals surface area contributed by atoms with E-state index >= 15 is 0 Å². The molecule has 29 heavy (non-hydrogen) atoms. The Labute approximate surface area is 173 Å². The van der Waals surface area contributed by atoms with Gasteiger partial charge < -0.3 is 27.4 Å². The summed E-state index contributed by atoms with van der Waals surface area (Å²) in [5.74, 6) is -0.236. The van der Waals surface area contributed by atoms with Gasteiger partial charge in [0, 0.05) is 25.6 Å². The molecular weight excluding hydrogens is 370 g/mol. The number of nitrogens with two attached hydrogens (primary N) is 2. The van der Waals surface area contributed by atoms with E-state index in [1.54, 1.807) is 0 Å². The highest BCUT2D eigenvalue weighted by atomic mass is 16.2. The van der Waals surface area contributed by atoms with Gasteiger partial charge in [-0.25, -0.2) is 4.79 Å². The van der Waals surface area contributed by atoms with E-state index in [9.17, 15) is 14.4 Å². The molecule has 0 fully saturated rings. The SMILES string of the molecule is CC(CCCCCCC(=O)NCCNC(=O)C(N)Cc1ccccc1)NC(N)=O. The molecule has 0 saturated carbocycles. The largest absolute Gasteiger partial charge is 0.354 e. The summed E-state index contributed by atoms with van der Waals surface area (Å²) in [6.07, 6.45) is 5.60. The van der Waals surface area contributed by atoms with Crippen LogP contribution in [0.25, 0.3) is 0 Å². The summed E-state index contributed by atoms with van der Waals surface area (Å²) in [5, 5.41) is 8.19. The number of carbonyl (C=O) groups excluding carboxylic acids is 3. The lowest BCUT2D eigenvalue weighted by atomic mass is 10.1. The van der Waals surface area contributed by atoms with Gasteiger partial charge in [-0.1, -0.05) is 49.6 Å². The fourth-order valence-corrected chi connectivity index (χ4v) is 2.97. The standard InChI is InChI=1S/C21H35N5O3/c1-16(26-21(23)29)9-5-2-3-8-12-19(27)24-13-14-25-20(28)18(22)15-17-10-6-4-7-11-17/h4,6-7,10-11,16,18H,2-3,5,8-9,12-15,22H2,1H3,(H,24,27)(H,25,28)(H3,23,26,29). The van der Waals surface area contributed by atoms with Crippen LogP contribution in [-0.4, -0.2) is 43.0 Å². The van der Waals surface area contributed by atoms with Gasteiger partial charge in [-0.15, -0.1) is 0 Å². The number of rotatable bonds is 14. The minimum absolute atomic E-state index is 0.0170. The van der Waals surface area contributed by atoms with Crippen LogP contribution >= 0.6 is 0 Å². The quantitative estimate of drug-likeness (QED) is 0.297. The zero-order chi connectivity index (χ0) is 21.5. The molecule has 0 saturated heterocycles. The lowest BCUT2D eigenvalue weighted by molar-refractivity contribution is -0.123. The van der Waals surface area contributed by atoms with Crippen molar-refractivity contribution in [3.8, 4) is 0 Å². The minimum Gasteiger partial charge on any atom is -0.354 e. The van der Waals surface area contributed by atoms with E-state index in [2.05, 4.69) is 16.0 Å². The molecule has 1 aromatic rings. The van der Waals surface area contributed by atoms with Crippen molar-refractivity contribution in [2.75, 3.05) is 13.1 Å². The summed E-state index contributed by atoms with van der Waals surface area (Å²) < 4.78 is 0. The number of unbranched alkanes of at least 4 members (excludes halogenated alkanes) is 3. The number of amides is 4. The zero-order valence-corrected chi connectivity index (χ0v) is 17.3. The lowest BCUT2D eigenvalue weighted by Crippen LogP contribution is -2.44. The molecule has 0 aliphatic rings. The average Bonchev–Trinajstić information content (AvgIpc) is 2.68. The molecule has 0 aromatic heterocycles. The highest BCUT2D eigenvalue weighted by Gasteiger charge is 2.13. The third kappa shape index (κ3) is 12.5. The van der Waals surface area contributed by atoms with E-state index in [0.717, 1.165) is 37.7 Å². The van der Waals surface area contributed by atoms with Crippen molar-refractivity contribution >= 4 is 17.8 Å². The highest BCUT2D eigenvalue weighted by Crippen LogP contribution is 2.07. The van der Waals surface area contributed by atoms with Crippen LogP contribution in [-0.2, 0) is 16.0 Å². The molecule has 0 aliphatic carbocycles. The van der Waals surface area contributed by atoms with Crippen molar-refractivity contribution in [3.63, 3.8) is 0 Å². The molecule has 2 atom stereocenters. The second-order valence-corrected chi connectivity index (χ2v) is 7.30. The summed E-state index contributed by atoms with van der Waals surface area (Å²) in [5.41, 5.74) is 12.0. The molecule has 0 heterocycles. The molecule has 162 valence electrons. The summed E-state index contributed by atoms with van der Waals surface area (Å²) >= 11 is 0. The van der Waals surface area contributed by atoms with Crippen LogP contribution in [0.4, 0.5) is 4.79 Å². The summed E-state index contributed by atoms with van der Waals surface area (Å²) in [6.45, 7) is 2.67. The van der Waals surface area contributed by atoms with Gasteiger partial charge in [0.05, 0.1) is 6.04 Å². The molecule has 0 radical (unpaired) electrons. The second kappa shape index (κ2) is 14.4. The van der Waals surface area contributed by atoms with Gasteiger partial charge in [0.1, 0.15) is 0 Å². The highest BCUT2D eigenvalue weighted by molar-refractivity contribution is 5.82. The monoisotopic (exact) mass is 405 g/mol. The molecule has 7 N–H and O–H groups in total. The van der Waals surface area contributed by atoms with E-state index in [1.807, 2.05) is 37.3 Å². The van der Waals surface area contributed by atoms with Crippen molar-refractivity contribution in [1.82, 2.24) is 16.0 Å². The van der Waals surface area contributed by atoms with Crippen LogP contribution in [0, 0.1) is 0 Å². The van der Waals surface area contributed by atoms with Gasteiger partial charge in [0.15, 0.2) is 0 Å². The van der Waals surface area contributed by atoms with Crippen molar-refractivity contribution in [2.45, 2.75) is 64.0 Å². The minimum atomic E-state index is -0.603. The Bertz CT molecular complexity index is 624. The number of urea groups is 1. The number of primary amides is 1. The Kier molecular flexibility index (Phi) is 12.1. The molecule has 8 heteroatoms. The first-order valence-electron chi connectivity index (χ1n) is 10.3. The third-order valence-electron chi connectivity index (χ3n) is 4.56. The number of hydrogen-bond donors (Lipinski definition) is 5. The van der Waals surface area contributed by atoms with Crippen molar-refractivity contribution in [3.05, 3.63) is 35.9 Å². The van der Waals surface area contributed by atoms with Crippen molar-refractivity contribution < 1.29 is 14.4 Å². The first-order valence-corrected chi connectivity index (χ1v) is 10.3. The van der Waals surface area contributed by atoms with Gasteiger partial charge in [0.25, 0.3) is 0 Å². The maximum absolute atomic E-state index is 12.0. The predicted molar refractivity (Wildman–Crippen MR) is 114 cm³/mol. The maximum Gasteiger partial charge on any atom is 0.312 e. The second-order valence-electron chi connectivity index (χ2n) is 7.30. The van der Waals surface area contributed by atoms with Gasteiger partial charge in [-0.05, 0) is 31.7 Å². The van der Waals surface area contributed by atoms with Crippen LogP contribution in [0.15, 0.2) is 30.3 Å². The molecule has 0 aliphatic heterocycles. The van der Waals surface area contributed by atoms with E-state index < -0.39 is 12.1 Å². The Morgan fingerprint density at radius 1 is 0.966 bits per heavy atom. The van der Waals surface area contributed by atoms with Gasteiger partial charge >= 0.3 is 6.03 Å². The van der Waals surface area contributed by atoms with Gasteiger partial charge in [-0.2, -0.15) is 0 Å². The number of benzene rings is 1. The van der Waals surface area contributed by atoms with Crippen LogP contribution < -0.4 is 27.4 Å². The van der Waals surface area contributed by atoms with Crippen molar-refractivity contribution in [2.24, 2.45) is 11.5 Å². The van der Waals surface area contributed by atoms with Crippen LogP contribution in [0.5, 0.6) is 0 Å². The fraction of sp³-hybridized carbons (Fsp3) is 0.571. The van der Waals surface area contributed by atoms with Crippen LogP contribution in [0.2, 0.25) is 0 Å². The molecule has 2 unspecified atom stereocenters. The smallest absolute Gasteiger partial charge is 0.312 e. The fourth-order valence-electron chi connectivity index (χ4n) is 2.97. The lowest BCUT2D eigenvalue weighted by Gasteiger charge is -2.13. The molecular formula is C21H35N5O3. The van der Waals surface area contributed by atoms with E-state index in [-0.39, 0.29) is 17.9 Å². The normalized spacial score (nSPS) is 12.6. The van der Waals surface area contributed by atoms with Gasteiger partial charge in [0.2, 0.25) is 11.8 Å². The van der Waals surface area contributed by atoms with Crippen LogP contribution in [0.1, 0.15) is 51.0 Å². The summed E-state index contributed by atoms with van der Waals surface area (Å²) in [4.78, 5) is 34.5. The van der Waals surface area contributed by atoms with E-state index in [0.29, 0.717) is 25.9 Å². The number of carbonyl (C=O) groups is 3. The maximum atomic E-state index is 12.0. The first-order chi connectivity index (χ1) is 13.9. The summed E-state index contributed by atoms with van der Waals surface area (Å²) in [7, 11) is 0. The number of hydrogen-bond acceptors (Lipinski definition) is 4. The Balaban J connectivity index is 2.00. The zero-order valence-electron chi connectivity index (χ0n) is 17.3. The molecule has 1 rings (SSSR count). The molecule has 4 amide bonds.